The van der Waals surface area contributed by atoms with Gasteiger partial charge < -0.3 is 15.3 Å². The van der Waals surface area contributed by atoms with E-state index in [4.69, 9.17) is 16.7 Å². The molecule has 116 valence electrons. The van der Waals surface area contributed by atoms with Gasteiger partial charge in [0.15, 0.2) is 6.04 Å². The van der Waals surface area contributed by atoms with Crippen molar-refractivity contribution in [1.29, 1.82) is 0 Å². The first-order valence-electron chi connectivity index (χ1n) is 5.67. The standard InChI is InChI=1S/C12H12ClF3N2O3/c1-18(6-12(14,15)16)11(21)17-9(10(19)20)7-4-2-3-5-8(7)13/h2-5,9H,6H2,1H3,(H,17,21)(H,19,20)/t9-/m1/s1. The summed E-state index contributed by atoms with van der Waals surface area (Å²) in [5.41, 5.74) is 0.0837. The Hall–Kier alpha value is -1.96. The van der Waals surface area contributed by atoms with Crippen LogP contribution in [0.3, 0.4) is 0 Å². The number of amides is 2. The molecule has 9 heteroatoms. The maximum absolute atomic E-state index is 12.2. The molecule has 1 aromatic rings. The number of urea groups is 1. The van der Waals surface area contributed by atoms with Crippen molar-refractivity contribution in [2.75, 3.05) is 13.6 Å². The van der Waals surface area contributed by atoms with Crippen molar-refractivity contribution in [3.05, 3.63) is 34.9 Å². The summed E-state index contributed by atoms with van der Waals surface area (Å²) in [6.07, 6.45) is -4.57. The molecular weight excluding hydrogens is 313 g/mol. The largest absolute Gasteiger partial charge is 0.479 e. The Morgan fingerprint density at radius 3 is 2.43 bits per heavy atom. The maximum Gasteiger partial charge on any atom is 0.406 e. The number of nitrogens with zero attached hydrogens (tertiary/aromatic N) is 1. The van der Waals surface area contributed by atoms with E-state index in [2.05, 4.69) is 0 Å². The van der Waals surface area contributed by atoms with Gasteiger partial charge >= 0.3 is 18.2 Å². The van der Waals surface area contributed by atoms with Gasteiger partial charge in [0, 0.05) is 17.6 Å². The van der Waals surface area contributed by atoms with E-state index in [0.717, 1.165) is 7.05 Å². The van der Waals surface area contributed by atoms with Crippen LogP contribution in [-0.4, -0.2) is 41.8 Å². The van der Waals surface area contributed by atoms with Gasteiger partial charge in [0.1, 0.15) is 6.54 Å². The molecule has 0 aliphatic heterocycles. The van der Waals surface area contributed by atoms with Crippen LogP contribution in [0.1, 0.15) is 11.6 Å². The van der Waals surface area contributed by atoms with Gasteiger partial charge in [-0.1, -0.05) is 29.8 Å². The Morgan fingerprint density at radius 1 is 1.38 bits per heavy atom. The highest BCUT2D eigenvalue weighted by Crippen LogP contribution is 2.23. The second-order valence-corrected chi connectivity index (χ2v) is 4.62. The van der Waals surface area contributed by atoms with Crippen molar-refractivity contribution in [3.63, 3.8) is 0 Å². The van der Waals surface area contributed by atoms with Gasteiger partial charge in [0.25, 0.3) is 0 Å². The summed E-state index contributed by atoms with van der Waals surface area (Å²) in [5.74, 6) is -1.43. The highest BCUT2D eigenvalue weighted by Gasteiger charge is 2.33. The molecule has 0 aliphatic rings. The SMILES string of the molecule is CN(CC(F)(F)F)C(=O)N[C@@H](C(=O)O)c1ccccc1Cl. The molecule has 0 spiro atoms. The highest BCUT2D eigenvalue weighted by atomic mass is 35.5. The monoisotopic (exact) mass is 324 g/mol. The Kier molecular flexibility index (Phi) is 5.42. The third kappa shape index (κ3) is 5.14. The lowest BCUT2D eigenvalue weighted by Gasteiger charge is -2.23. The van der Waals surface area contributed by atoms with Gasteiger partial charge in [0.2, 0.25) is 0 Å². The molecule has 0 saturated carbocycles. The van der Waals surface area contributed by atoms with Crippen LogP contribution in [0.4, 0.5) is 18.0 Å². The molecule has 0 aromatic heterocycles. The molecule has 0 heterocycles. The van der Waals surface area contributed by atoms with Gasteiger partial charge in [-0.15, -0.1) is 0 Å². The van der Waals surface area contributed by atoms with E-state index in [9.17, 15) is 22.8 Å². The molecule has 0 fully saturated rings. The lowest BCUT2D eigenvalue weighted by Crippen LogP contribution is -2.45. The molecule has 1 atom stereocenters. The minimum Gasteiger partial charge on any atom is -0.479 e. The van der Waals surface area contributed by atoms with Crippen LogP contribution in [-0.2, 0) is 4.79 Å². The number of hydrogen-bond donors (Lipinski definition) is 2. The van der Waals surface area contributed by atoms with Gasteiger partial charge in [0.05, 0.1) is 0 Å². The number of carboxylic acids is 1. The predicted molar refractivity (Wildman–Crippen MR) is 69.0 cm³/mol. The summed E-state index contributed by atoms with van der Waals surface area (Å²) in [6, 6.07) is 3.13. The van der Waals surface area contributed by atoms with Crippen molar-refractivity contribution in [2.24, 2.45) is 0 Å². The molecule has 1 aromatic carbocycles. The number of carbonyl (C=O) groups is 2. The topological polar surface area (TPSA) is 69.6 Å². The van der Waals surface area contributed by atoms with Crippen molar-refractivity contribution in [3.8, 4) is 0 Å². The van der Waals surface area contributed by atoms with Crippen LogP contribution in [0.5, 0.6) is 0 Å². The molecule has 0 saturated heterocycles. The summed E-state index contributed by atoms with van der Waals surface area (Å²) in [6.45, 7) is -1.49. The van der Waals surface area contributed by atoms with E-state index in [1.165, 1.54) is 18.2 Å². The Balaban J connectivity index is 2.88. The smallest absolute Gasteiger partial charge is 0.406 e. The van der Waals surface area contributed by atoms with E-state index >= 15 is 0 Å². The highest BCUT2D eigenvalue weighted by molar-refractivity contribution is 6.31. The lowest BCUT2D eigenvalue weighted by atomic mass is 10.1. The van der Waals surface area contributed by atoms with E-state index in [0.29, 0.717) is 4.90 Å². The lowest BCUT2D eigenvalue weighted by molar-refractivity contribution is -0.140. The molecule has 0 radical (unpaired) electrons. The predicted octanol–water partition coefficient (Wildman–Crippen LogP) is 2.67. The maximum atomic E-state index is 12.2. The van der Waals surface area contributed by atoms with Crippen LogP contribution < -0.4 is 5.32 Å². The van der Waals surface area contributed by atoms with Crippen LogP contribution in [0.2, 0.25) is 5.02 Å². The zero-order valence-electron chi connectivity index (χ0n) is 10.8. The van der Waals surface area contributed by atoms with Crippen LogP contribution >= 0.6 is 11.6 Å². The Morgan fingerprint density at radius 2 is 1.95 bits per heavy atom. The van der Waals surface area contributed by atoms with E-state index < -0.39 is 30.8 Å². The second kappa shape index (κ2) is 6.66. The second-order valence-electron chi connectivity index (χ2n) is 4.21. The number of nitrogens with one attached hydrogen (secondary N) is 1. The quantitative estimate of drug-likeness (QED) is 0.894. The fourth-order valence-electron chi connectivity index (χ4n) is 1.56. The van der Waals surface area contributed by atoms with Crippen molar-refractivity contribution in [2.45, 2.75) is 12.2 Å². The van der Waals surface area contributed by atoms with Crippen LogP contribution in [0, 0.1) is 0 Å². The number of carbonyl (C=O) groups excluding carboxylic acids is 1. The first-order chi connectivity index (χ1) is 9.61. The van der Waals surface area contributed by atoms with Crippen molar-refractivity contribution in [1.82, 2.24) is 10.2 Å². The molecule has 0 unspecified atom stereocenters. The normalized spacial score (nSPS) is 12.6. The van der Waals surface area contributed by atoms with Gasteiger partial charge in [-0.25, -0.2) is 9.59 Å². The van der Waals surface area contributed by atoms with Crippen LogP contribution in [0.15, 0.2) is 24.3 Å². The molecule has 1 rings (SSSR count). The molecule has 2 N–H and O–H groups in total. The van der Waals surface area contributed by atoms with E-state index in [-0.39, 0.29) is 10.6 Å². The third-order valence-electron chi connectivity index (χ3n) is 2.49. The number of rotatable bonds is 4. The van der Waals surface area contributed by atoms with Crippen molar-refractivity contribution < 1.29 is 27.9 Å². The van der Waals surface area contributed by atoms with Gasteiger partial charge in [-0.05, 0) is 6.07 Å². The first kappa shape index (κ1) is 17.1. The van der Waals surface area contributed by atoms with Gasteiger partial charge in [-0.2, -0.15) is 13.2 Å². The van der Waals surface area contributed by atoms with E-state index in [1.54, 1.807) is 6.07 Å². The molecule has 0 aliphatic carbocycles. The fraction of sp³-hybridized carbons (Fsp3) is 0.333. The van der Waals surface area contributed by atoms with Crippen molar-refractivity contribution >= 4 is 23.6 Å². The third-order valence-corrected chi connectivity index (χ3v) is 2.84. The zero-order chi connectivity index (χ0) is 16.2. The number of carboxylic acid groups (broad SMARTS) is 1. The average molecular weight is 325 g/mol. The molecule has 21 heavy (non-hydrogen) atoms. The van der Waals surface area contributed by atoms with Crippen LogP contribution in [0.25, 0.3) is 0 Å². The summed E-state index contributed by atoms with van der Waals surface area (Å²) in [5, 5.41) is 11.2. The Bertz CT molecular complexity index is 537. The summed E-state index contributed by atoms with van der Waals surface area (Å²) >= 11 is 5.82. The minimum absolute atomic E-state index is 0.0837. The number of benzene rings is 1. The number of halogens is 4. The summed E-state index contributed by atoms with van der Waals surface area (Å²) < 4.78 is 36.6. The number of alkyl halides is 3. The Labute approximate surface area is 123 Å². The first-order valence-corrected chi connectivity index (χ1v) is 6.05. The fourth-order valence-corrected chi connectivity index (χ4v) is 1.80. The minimum atomic E-state index is -4.57. The van der Waals surface area contributed by atoms with Gasteiger partial charge in [-0.3, -0.25) is 0 Å². The summed E-state index contributed by atoms with van der Waals surface area (Å²) in [7, 11) is 0.911. The molecule has 2 amide bonds. The molecule has 0 bridgehead atoms. The number of hydrogen-bond acceptors (Lipinski definition) is 2. The molecule has 5 nitrogen and oxygen atoms in total. The summed E-state index contributed by atoms with van der Waals surface area (Å²) in [4.78, 5) is 23.2. The number of aliphatic carboxylic acids is 1. The average Bonchev–Trinajstić information content (AvgIpc) is 2.34. The van der Waals surface area contributed by atoms with E-state index in [1.807, 2.05) is 5.32 Å². The zero-order valence-corrected chi connectivity index (χ0v) is 11.6. The molecular formula is C12H12ClF3N2O3.